The molecule has 28 nitrogen and oxygen atoms in total. The van der Waals surface area contributed by atoms with Crippen molar-refractivity contribution in [2.24, 2.45) is 0 Å². The van der Waals surface area contributed by atoms with Gasteiger partial charge in [-0.2, -0.15) is 33.7 Å². The van der Waals surface area contributed by atoms with E-state index in [0.717, 1.165) is 0 Å². The minimum atomic E-state index is -4.60. The number of hydrogen-bond donors (Lipinski definition) is 12. The number of sulfone groups is 4. The highest BCUT2D eigenvalue weighted by atomic mass is 32.2. The van der Waals surface area contributed by atoms with E-state index in [9.17, 15) is 85.6 Å². The van der Waals surface area contributed by atoms with Crippen LogP contribution < -0.4 is 21.3 Å². The van der Waals surface area contributed by atoms with Crippen LogP contribution >= 0.6 is 0 Å². The predicted octanol–water partition coefficient (Wildman–Crippen LogP) is 5.64. The Bertz CT molecular complexity index is 4760. The average Bonchev–Trinajstić information content (AvgIpc) is 2.30. The van der Waals surface area contributed by atoms with Crippen molar-refractivity contribution in [1.82, 2.24) is 19.9 Å². The molecule has 4 aromatic heterocycles. The van der Waals surface area contributed by atoms with Gasteiger partial charge in [0.25, 0.3) is 40.5 Å². The molecule has 0 saturated heterocycles. The lowest BCUT2D eigenvalue weighted by atomic mass is 10.1. The zero-order valence-electron chi connectivity index (χ0n) is 42.4. The topological polar surface area (TPSA) is 465 Å². The highest BCUT2D eigenvalue weighted by molar-refractivity contribution is 7.92. The average molecular weight is 1290 g/mol. The summed E-state index contributed by atoms with van der Waals surface area (Å²) in [6, 6.07) is 17.0. The molecule has 8 bridgehead atoms. The SMILES string of the molecule is O=S(=O)(O)CCCCS(=O)(=O)c1cccc2c3[nH]c(c12)Nc1[nH]c(c2c(S(=O)(=O)CCCS(=O)(=O)O)cccc12)Nc1[nH]c(c2c(CS(=O)(=O)CCCS(=O)(=O)O)cccc12)Nc1[nH]c(c2c(S(=O)(=O)CCCS(=O)(=O)O)cccc12)N3. The van der Waals surface area contributed by atoms with Crippen LogP contribution in [-0.2, 0) is 85.6 Å². The molecule has 36 heteroatoms. The number of aromatic amines is 4. The van der Waals surface area contributed by atoms with Crippen molar-refractivity contribution in [3.63, 3.8) is 0 Å². The second-order valence-corrected chi connectivity index (χ2v) is 34.0. The standard InChI is InChI=1S/C46H52N8O20S8/c55-75(56,18-7-23-80(66,67)68)26-27-10-3-11-28-35(27)43-47-39(28)49-44-38-31(14-6-17-34(38)78(61,62)21-9-25-82(72,73)74)42(51-44)53-45-36-30(13-4-15-32(36)76(57,58)19-1-2-22-79(63,64)65)41(52-45)54-46-37-29(40(48-43)50-46)12-5-16-33(37)77(59,60)20-8-24-81(69,70)71/h3-6,10-17,47-54H,1-2,7-9,18-26H2,(H,63,64,65)(H,66,67,68)(H,69,70,71)(H,72,73,74). The van der Waals surface area contributed by atoms with Crippen molar-refractivity contribution in [1.29, 1.82) is 0 Å². The minimum Gasteiger partial charge on any atom is -0.327 e. The fourth-order valence-electron chi connectivity index (χ4n) is 9.82. The molecular formula is C46H52N8O20S8. The van der Waals surface area contributed by atoms with Crippen LogP contribution in [0.25, 0.3) is 43.1 Å². The van der Waals surface area contributed by atoms with E-state index < -0.39 is 151 Å². The van der Waals surface area contributed by atoms with Gasteiger partial charge in [-0.3, -0.25) is 18.2 Å². The van der Waals surface area contributed by atoms with Gasteiger partial charge in [0, 0.05) is 43.1 Å². The van der Waals surface area contributed by atoms with Crippen LogP contribution in [0.2, 0.25) is 0 Å². The van der Waals surface area contributed by atoms with Gasteiger partial charge in [-0.05, 0) is 55.9 Å². The quantitative estimate of drug-likeness (QED) is 0.0288. The largest absolute Gasteiger partial charge is 0.327 e. The van der Waals surface area contributed by atoms with Gasteiger partial charge in [0.2, 0.25) is 0 Å². The third-order valence-electron chi connectivity index (χ3n) is 13.2. The summed E-state index contributed by atoms with van der Waals surface area (Å²) in [6.45, 7) is 0. The number of fused-ring (bicyclic) bond motifs is 20. The lowest BCUT2D eigenvalue weighted by molar-refractivity contribution is 0.478. The van der Waals surface area contributed by atoms with Crippen molar-refractivity contribution >= 4 is 169 Å². The van der Waals surface area contributed by atoms with E-state index in [1.54, 1.807) is 6.07 Å². The molecule has 0 aliphatic carbocycles. The van der Waals surface area contributed by atoms with E-state index in [0.29, 0.717) is 0 Å². The molecule has 4 aromatic carbocycles. The Hall–Kier alpha value is -6.32. The first-order valence-corrected chi connectivity index (χ1v) is 37.7. The van der Waals surface area contributed by atoms with Gasteiger partial charge in [0.15, 0.2) is 39.3 Å². The van der Waals surface area contributed by atoms with E-state index in [4.69, 9.17) is 0 Å². The van der Waals surface area contributed by atoms with Gasteiger partial charge in [-0.1, -0.05) is 54.6 Å². The lowest BCUT2D eigenvalue weighted by Gasteiger charge is -2.10. The summed E-state index contributed by atoms with van der Waals surface area (Å²) in [4.78, 5) is 11.6. The van der Waals surface area contributed by atoms with Gasteiger partial charge in [-0.25, -0.2) is 33.7 Å². The maximum Gasteiger partial charge on any atom is 0.264 e. The fraction of sp³-hybridized carbons (Fsp3) is 0.304. The Morgan fingerprint density at radius 1 is 0.293 bits per heavy atom. The van der Waals surface area contributed by atoms with Gasteiger partial charge < -0.3 is 41.2 Å². The summed E-state index contributed by atoms with van der Waals surface area (Å²) < 4.78 is 244. The minimum absolute atomic E-state index is 0.00768. The number of H-pyrrole nitrogens is 4. The Labute approximate surface area is 469 Å². The van der Waals surface area contributed by atoms with E-state index in [-0.39, 0.29) is 123 Å². The third kappa shape index (κ3) is 13.5. The smallest absolute Gasteiger partial charge is 0.264 e. The molecule has 0 spiro atoms. The van der Waals surface area contributed by atoms with E-state index >= 15 is 0 Å². The molecule has 0 unspecified atom stereocenters. The van der Waals surface area contributed by atoms with Crippen molar-refractivity contribution in [2.45, 2.75) is 52.5 Å². The van der Waals surface area contributed by atoms with Gasteiger partial charge in [-0.15, -0.1) is 0 Å². The van der Waals surface area contributed by atoms with E-state index in [2.05, 4.69) is 41.2 Å². The van der Waals surface area contributed by atoms with Crippen molar-refractivity contribution in [3.05, 3.63) is 78.4 Å². The number of hydrogen-bond acceptors (Lipinski definition) is 20. The Morgan fingerprint density at radius 3 is 0.902 bits per heavy atom. The third-order valence-corrected chi connectivity index (χ3v) is 23.6. The number of nitrogens with one attached hydrogen (secondary N) is 8. The first-order chi connectivity index (χ1) is 38.1. The molecule has 1 aliphatic rings. The second kappa shape index (κ2) is 22.0. The van der Waals surface area contributed by atoms with E-state index in [1.165, 1.54) is 66.7 Å². The number of unbranched alkanes of at least 4 members (excludes halogenated alkanes) is 1. The molecule has 8 aromatic rings. The van der Waals surface area contributed by atoms with Crippen molar-refractivity contribution < 1.29 is 85.6 Å². The van der Waals surface area contributed by atoms with Crippen molar-refractivity contribution in [2.75, 3.05) is 67.3 Å². The lowest BCUT2D eigenvalue weighted by Crippen LogP contribution is -2.14. The maximum atomic E-state index is 14.4. The zero-order valence-corrected chi connectivity index (χ0v) is 48.9. The van der Waals surface area contributed by atoms with Crippen LogP contribution in [0, 0.1) is 0 Å². The molecule has 0 saturated carbocycles. The Balaban J connectivity index is 1.32. The number of rotatable bonds is 22. The van der Waals surface area contributed by atoms with Gasteiger partial charge in [0.05, 0.1) is 66.5 Å². The van der Waals surface area contributed by atoms with Crippen molar-refractivity contribution in [3.8, 4) is 0 Å². The molecular weight excluding hydrogens is 1240 g/mol. The van der Waals surface area contributed by atoms with Gasteiger partial charge >= 0.3 is 0 Å². The molecule has 82 heavy (non-hydrogen) atoms. The first kappa shape index (κ1) is 60.3. The summed E-state index contributed by atoms with van der Waals surface area (Å²) in [7, 11) is -35.6. The predicted molar refractivity (Wildman–Crippen MR) is 309 cm³/mol. The van der Waals surface area contributed by atoms with Crippen LogP contribution in [0.3, 0.4) is 0 Å². The monoisotopic (exact) mass is 1290 g/mol. The summed E-state index contributed by atoms with van der Waals surface area (Å²) in [5.41, 5.74) is 0.125. The summed E-state index contributed by atoms with van der Waals surface area (Å²) >= 11 is 0. The summed E-state index contributed by atoms with van der Waals surface area (Å²) in [6.07, 6.45) is -1.97. The molecule has 1 aliphatic heterocycles. The van der Waals surface area contributed by atoms with Crippen LogP contribution in [0.4, 0.5) is 46.5 Å². The van der Waals surface area contributed by atoms with E-state index in [1.807, 2.05) is 0 Å². The maximum absolute atomic E-state index is 14.4. The van der Waals surface area contributed by atoms with Crippen LogP contribution in [0.5, 0.6) is 0 Å². The number of aromatic nitrogens is 4. The fourth-order valence-corrected chi connectivity index (χ4v) is 18.6. The second-order valence-electron chi connectivity index (χ2n) is 19.3. The number of anilines is 8. The molecule has 9 rings (SSSR count). The normalized spacial score (nSPS) is 14.0. The Morgan fingerprint density at radius 2 is 0.561 bits per heavy atom. The highest BCUT2D eigenvalue weighted by Crippen LogP contribution is 2.47. The summed E-state index contributed by atoms with van der Waals surface area (Å²) in [5, 5.41) is 13.5. The number of benzene rings is 4. The highest BCUT2D eigenvalue weighted by Gasteiger charge is 2.31. The van der Waals surface area contributed by atoms with Crippen LogP contribution in [-0.4, -0.2) is 152 Å². The first-order valence-electron chi connectivity index (χ1n) is 24.4. The molecule has 0 atom stereocenters. The van der Waals surface area contributed by atoms with Gasteiger partial charge in [0.1, 0.15) is 46.5 Å². The van der Waals surface area contributed by atoms with Crippen LogP contribution in [0.15, 0.2) is 87.5 Å². The molecule has 5 heterocycles. The molecule has 444 valence electrons. The van der Waals surface area contributed by atoms with Crippen LogP contribution in [0.1, 0.15) is 37.7 Å². The molecule has 0 radical (unpaired) electrons. The Kier molecular flexibility index (Phi) is 16.2. The zero-order chi connectivity index (χ0) is 59.6. The molecule has 0 fully saturated rings. The molecule has 12 N–H and O–H groups in total. The molecule has 0 amide bonds. The summed E-state index contributed by atoms with van der Waals surface area (Å²) in [5.74, 6) is -7.09.